The molecular weight excluding hydrogens is 263 g/mol. The van der Waals surface area contributed by atoms with Crippen molar-refractivity contribution in [2.24, 2.45) is 23.6 Å². The number of hydrogen-bond donors (Lipinski definition) is 2. The largest absolute Gasteiger partial charge is 0.271 e. The Hall–Kier alpha value is -0.640. The Balaban J connectivity index is 2.20. The molecule has 4 heteroatoms. The third-order valence-corrected chi connectivity index (χ3v) is 4.82. The highest BCUT2D eigenvalue weighted by molar-refractivity contribution is 6.30. The third kappa shape index (κ3) is 3.28. The predicted octanol–water partition coefficient (Wildman–Crippen LogP) is 4.06. The van der Waals surface area contributed by atoms with Crippen molar-refractivity contribution in [3.05, 3.63) is 34.6 Å². The molecule has 1 aromatic carbocycles. The fraction of sp³-hybridized carbons (Fsp3) is 0.600. The van der Waals surface area contributed by atoms with Crippen LogP contribution < -0.4 is 11.3 Å². The molecule has 0 aromatic heterocycles. The summed E-state index contributed by atoms with van der Waals surface area (Å²) < 4.78 is 14.0. The number of nitrogens with one attached hydrogen (secondary N) is 1. The van der Waals surface area contributed by atoms with Gasteiger partial charge in [0.15, 0.2) is 0 Å². The molecule has 1 aliphatic rings. The first-order chi connectivity index (χ1) is 9.02. The van der Waals surface area contributed by atoms with Gasteiger partial charge in [-0.05, 0) is 42.7 Å². The van der Waals surface area contributed by atoms with Crippen molar-refractivity contribution >= 4 is 11.6 Å². The zero-order valence-electron chi connectivity index (χ0n) is 11.5. The van der Waals surface area contributed by atoms with Crippen molar-refractivity contribution in [3.8, 4) is 0 Å². The summed E-state index contributed by atoms with van der Waals surface area (Å²) in [5, 5.41) is 0.419. The molecule has 0 aliphatic heterocycles. The second-order valence-electron chi connectivity index (χ2n) is 5.84. The molecule has 1 aliphatic carbocycles. The van der Waals surface area contributed by atoms with Gasteiger partial charge >= 0.3 is 0 Å². The third-order valence-electron chi connectivity index (χ3n) is 4.59. The summed E-state index contributed by atoms with van der Waals surface area (Å²) in [4.78, 5) is 0. The van der Waals surface area contributed by atoms with Crippen LogP contribution in [0, 0.1) is 23.6 Å². The summed E-state index contributed by atoms with van der Waals surface area (Å²) in [5.41, 5.74) is 3.42. The molecule has 1 aromatic rings. The number of nitrogens with two attached hydrogens (primary N) is 1. The molecule has 0 amide bonds. The highest BCUT2D eigenvalue weighted by atomic mass is 35.5. The predicted molar refractivity (Wildman–Crippen MR) is 77.1 cm³/mol. The van der Waals surface area contributed by atoms with Crippen LogP contribution in [0.3, 0.4) is 0 Å². The lowest BCUT2D eigenvalue weighted by Crippen LogP contribution is -2.37. The maximum Gasteiger partial charge on any atom is 0.129 e. The Kier molecular flexibility index (Phi) is 4.82. The first kappa shape index (κ1) is 14.8. The molecule has 106 valence electrons. The van der Waals surface area contributed by atoms with Gasteiger partial charge in [-0.1, -0.05) is 37.9 Å². The van der Waals surface area contributed by atoms with Crippen LogP contribution in [-0.4, -0.2) is 0 Å². The molecule has 0 spiro atoms. The maximum atomic E-state index is 14.0. The molecule has 1 fully saturated rings. The number of benzene rings is 1. The van der Waals surface area contributed by atoms with Gasteiger partial charge in [0.25, 0.3) is 0 Å². The van der Waals surface area contributed by atoms with E-state index in [1.165, 1.54) is 12.5 Å². The normalized spacial score (nSPS) is 29.2. The average molecular weight is 285 g/mol. The van der Waals surface area contributed by atoms with Gasteiger partial charge in [0, 0.05) is 10.6 Å². The first-order valence-electron chi connectivity index (χ1n) is 6.94. The van der Waals surface area contributed by atoms with Crippen molar-refractivity contribution < 1.29 is 4.39 Å². The summed E-state index contributed by atoms with van der Waals surface area (Å²) in [6.07, 6.45) is 3.35. The van der Waals surface area contributed by atoms with Crippen molar-refractivity contribution in [2.45, 2.75) is 39.2 Å². The van der Waals surface area contributed by atoms with Crippen LogP contribution in [0.4, 0.5) is 4.39 Å². The lowest BCUT2D eigenvalue weighted by atomic mass is 9.72. The fourth-order valence-electron chi connectivity index (χ4n) is 3.13. The van der Waals surface area contributed by atoms with Crippen molar-refractivity contribution in [1.29, 1.82) is 0 Å². The van der Waals surface area contributed by atoms with Crippen LogP contribution in [-0.2, 0) is 0 Å². The zero-order chi connectivity index (χ0) is 14.0. The molecule has 2 rings (SSSR count). The highest BCUT2D eigenvalue weighted by Gasteiger charge is 2.31. The van der Waals surface area contributed by atoms with Gasteiger partial charge in [0.2, 0.25) is 0 Å². The van der Waals surface area contributed by atoms with Gasteiger partial charge in [-0.2, -0.15) is 0 Å². The van der Waals surface area contributed by atoms with E-state index in [1.807, 2.05) is 0 Å². The van der Waals surface area contributed by atoms with Crippen LogP contribution in [0.1, 0.15) is 44.7 Å². The molecule has 0 radical (unpaired) electrons. The molecule has 2 nitrogen and oxygen atoms in total. The molecule has 1 saturated carbocycles. The topological polar surface area (TPSA) is 38.0 Å². The maximum absolute atomic E-state index is 14.0. The Bertz CT molecular complexity index is 438. The molecule has 0 heterocycles. The first-order valence-corrected chi connectivity index (χ1v) is 7.31. The Morgan fingerprint density at radius 3 is 2.63 bits per heavy atom. The molecule has 4 unspecified atom stereocenters. The van der Waals surface area contributed by atoms with E-state index in [0.29, 0.717) is 22.4 Å². The van der Waals surface area contributed by atoms with Gasteiger partial charge < -0.3 is 0 Å². The van der Waals surface area contributed by atoms with Gasteiger partial charge in [0.1, 0.15) is 5.82 Å². The molecule has 19 heavy (non-hydrogen) atoms. The van der Waals surface area contributed by atoms with Gasteiger partial charge in [-0.25, -0.2) is 4.39 Å². The van der Waals surface area contributed by atoms with Crippen molar-refractivity contribution in [1.82, 2.24) is 5.43 Å². The summed E-state index contributed by atoms with van der Waals surface area (Å²) >= 11 is 5.80. The molecule has 0 saturated heterocycles. The van der Waals surface area contributed by atoms with Crippen LogP contribution in [0.25, 0.3) is 0 Å². The van der Waals surface area contributed by atoms with E-state index < -0.39 is 0 Å². The molecule has 4 atom stereocenters. The van der Waals surface area contributed by atoms with Gasteiger partial charge in [0.05, 0.1) is 6.04 Å². The smallest absolute Gasteiger partial charge is 0.129 e. The summed E-state index contributed by atoms with van der Waals surface area (Å²) in [5.74, 6) is 7.18. The quantitative estimate of drug-likeness (QED) is 0.649. The van der Waals surface area contributed by atoms with Crippen LogP contribution >= 0.6 is 11.6 Å². The van der Waals surface area contributed by atoms with E-state index in [1.54, 1.807) is 12.1 Å². The molecule has 0 bridgehead atoms. The minimum Gasteiger partial charge on any atom is -0.271 e. The summed E-state index contributed by atoms with van der Waals surface area (Å²) in [6, 6.07) is 4.69. The lowest BCUT2D eigenvalue weighted by molar-refractivity contribution is 0.169. The Morgan fingerprint density at radius 2 is 2.05 bits per heavy atom. The number of rotatable bonds is 3. The van der Waals surface area contributed by atoms with E-state index in [4.69, 9.17) is 17.4 Å². The van der Waals surface area contributed by atoms with E-state index in [2.05, 4.69) is 19.3 Å². The lowest BCUT2D eigenvalue weighted by Gasteiger charge is -2.36. The fourth-order valence-corrected chi connectivity index (χ4v) is 3.28. The Morgan fingerprint density at radius 1 is 1.32 bits per heavy atom. The van der Waals surface area contributed by atoms with Gasteiger partial charge in [-0.15, -0.1) is 0 Å². The average Bonchev–Trinajstić information content (AvgIpc) is 2.37. The van der Waals surface area contributed by atoms with E-state index in [-0.39, 0.29) is 11.9 Å². The summed E-state index contributed by atoms with van der Waals surface area (Å²) in [6.45, 7) is 4.55. The van der Waals surface area contributed by atoms with E-state index in [0.717, 1.165) is 18.8 Å². The van der Waals surface area contributed by atoms with Crippen LogP contribution in [0.2, 0.25) is 5.02 Å². The number of hydrazine groups is 1. The monoisotopic (exact) mass is 284 g/mol. The second kappa shape index (κ2) is 6.21. The van der Waals surface area contributed by atoms with Gasteiger partial charge in [-0.3, -0.25) is 11.3 Å². The van der Waals surface area contributed by atoms with Crippen molar-refractivity contribution in [2.75, 3.05) is 0 Å². The molecular formula is C15H22ClFN2. The SMILES string of the molecule is CC1CCC(C(NN)c2ccc(Cl)cc2F)CC1C. The number of halogens is 2. The van der Waals surface area contributed by atoms with Crippen LogP contribution in [0.5, 0.6) is 0 Å². The summed E-state index contributed by atoms with van der Waals surface area (Å²) in [7, 11) is 0. The minimum atomic E-state index is -0.276. The van der Waals surface area contributed by atoms with Crippen molar-refractivity contribution in [3.63, 3.8) is 0 Å². The van der Waals surface area contributed by atoms with E-state index in [9.17, 15) is 4.39 Å². The Labute approximate surface area is 119 Å². The highest BCUT2D eigenvalue weighted by Crippen LogP contribution is 2.40. The minimum absolute atomic E-state index is 0.132. The second-order valence-corrected chi connectivity index (χ2v) is 6.27. The zero-order valence-corrected chi connectivity index (χ0v) is 12.3. The van der Waals surface area contributed by atoms with E-state index >= 15 is 0 Å². The molecule has 3 N–H and O–H groups in total. The number of hydrogen-bond acceptors (Lipinski definition) is 2. The van der Waals surface area contributed by atoms with Crippen LogP contribution in [0.15, 0.2) is 18.2 Å². The standard InChI is InChI=1S/C15H22ClFN2/c1-9-3-4-11(7-10(9)2)15(19-18)13-6-5-12(16)8-14(13)17/h5-6,8-11,15,19H,3-4,7,18H2,1-2H3.